The quantitative estimate of drug-likeness (QED) is 0.781. The molecule has 8 nitrogen and oxygen atoms in total. The van der Waals surface area contributed by atoms with Crippen molar-refractivity contribution in [3.63, 3.8) is 0 Å². The Morgan fingerprint density at radius 1 is 1.20 bits per heavy atom. The van der Waals surface area contributed by atoms with Crippen LogP contribution in [0.1, 0.15) is 56.8 Å². The Kier molecular flexibility index (Phi) is 5.66. The van der Waals surface area contributed by atoms with Gasteiger partial charge < -0.3 is 19.5 Å². The van der Waals surface area contributed by atoms with E-state index >= 15 is 0 Å². The molecule has 0 bridgehead atoms. The van der Waals surface area contributed by atoms with Gasteiger partial charge in [-0.15, -0.1) is 0 Å². The molecule has 1 N–H and O–H groups in total. The summed E-state index contributed by atoms with van der Waals surface area (Å²) in [6.45, 7) is 2.93. The molecule has 2 unspecified atom stereocenters. The van der Waals surface area contributed by atoms with Crippen molar-refractivity contribution in [1.82, 2.24) is 20.4 Å². The summed E-state index contributed by atoms with van der Waals surface area (Å²) in [7, 11) is 0. The zero-order valence-corrected chi connectivity index (χ0v) is 17.3. The number of nitrogens with one attached hydrogen (secondary N) is 1. The van der Waals surface area contributed by atoms with Crippen LogP contribution in [0.5, 0.6) is 0 Å². The lowest BCUT2D eigenvalue weighted by Gasteiger charge is -2.33. The van der Waals surface area contributed by atoms with Gasteiger partial charge in [0.1, 0.15) is 5.82 Å². The topological polar surface area (TPSA) is 93.4 Å². The van der Waals surface area contributed by atoms with Crippen LogP contribution >= 0.6 is 0 Å². The van der Waals surface area contributed by atoms with E-state index in [9.17, 15) is 4.79 Å². The number of hydrogen-bond donors (Lipinski definition) is 1. The molecular formula is C22H29N5O3. The SMILES string of the molecule is O=C(NCC1CCCO1)C1CCCN(c2ncccc2-c2noc(C3CCC3)n2)C1. The number of anilines is 1. The largest absolute Gasteiger partial charge is 0.376 e. The maximum absolute atomic E-state index is 12.8. The van der Waals surface area contributed by atoms with Crippen molar-refractivity contribution in [2.75, 3.05) is 31.1 Å². The lowest BCUT2D eigenvalue weighted by atomic mass is 9.85. The third-order valence-corrected chi connectivity index (χ3v) is 6.54. The van der Waals surface area contributed by atoms with E-state index in [-0.39, 0.29) is 17.9 Å². The van der Waals surface area contributed by atoms with Crippen molar-refractivity contribution in [1.29, 1.82) is 0 Å². The zero-order chi connectivity index (χ0) is 20.3. The van der Waals surface area contributed by atoms with Crippen LogP contribution in [0.25, 0.3) is 11.4 Å². The van der Waals surface area contributed by atoms with Gasteiger partial charge in [0.05, 0.1) is 17.6 Å². The minimum absolute atomic E-state index is 0.0502. The van der Waals surface area contributed by atoms with E-state index in [1.807, 2.05) is 12.1 Å². The smallest absolute Gasteiger partial charge is 0.230 e. The number of ether oxygens (including phenoxy) is 1. The summed E-state index contributed by atoms with van der Waals surface area (Å²) in [6.07, 6.45) is 9.38. The van der Waals surface area contributed by atoms with E-state index in [0.29, 0.717) is 24.8 Å². The molecular weight excluding hydrogens is 382 g/mol. The Labute approximate surface area is 176 Å². The molecule has 4 heterocycles. The normalized spacial score (nSPS) is 24.6. The number of aromatic nitrogens is 3. The summed E-state index contributed by atoms with van der Waals surface area (Å²) in [4.78, 5) is 24.2. The highest BCUT2D eigenvalue weighted by Crippen LogP contribution is 2.37. The maximum Gasteiger partial charge on any atom is 0.230 e. The fourth-order valence-corrected chi connectivity index (χ4v) is 4.54. The molecule has 1 saturated carbocycles. The summed E-state index contributed by atoms with van der Waals surface area (Å²) in [5.41, 5.74) is 0.868. The summed E-state index contributed by atoms with van der Waals surface area (Å²) in [6, 6.07) is 3.88. The highest BCUT2D eigenvalue weighted by molar-refractivity contribution is 5.80. The lowest BCUT2D eigenvalue weighted by molar-refractivity contribution is -0.125. The van der Waals surface area contributed by atoms with Crippen LogP contribution in [0.3, 0.4) is 0 Å². The average Bonchev–Trinajstić information content (AvgIpc) is 3.43. The Morgan fingerprint density at radius 3 is 2.93 bits per heavy atom. The maximum atomic E-state index is 12.8. The monoisotopic (exact) mass is 411 g/mol. The molecule has 160 valence electrons. The Balaban J connectivity index is 1.28. The van der Waals surface area contributed by atoms with E-state index in [1.165, 1.54) is 6.42 Å². The number of pyridine rings is 1. The van der Waals surface area contributed by atoms with E-state index < -0.39 is 0 Å². The van der Waals surface area contributed by atoms with Gasteiger partial charge in [0, 0.05) is 38.4 Å². The first kappa shape index (κ1) is 19.5. The molecule has 3 fully saturated rings. The van der Waals surface area contributed by atoms with Crippen LogP contribution in [0.15, 0.2) is 22.9 Å². The number of nitrogens with zero attached hydrogens (tertiary/aromatic N) is 4. The lowest BCUT2D eigenvalue weighted by Crippen LogP contribution is -2.45. The number of hydrogen-bond acceptors (Lipinski definition) is 7. The van der Waals surface area contributed by atoms with Crippen molar-refractivity contribution in [2.24, 2.45) is 5.92 Å². The highest BCUT2D eigenvalue weighted by Gasteiger charge is 2.30. The third kappa shape index (κ3) is 4.05. The van der Waals surface area contributed by atoms with Crippen LogP contribution in [0.4, 0.5) is 5.82 Å². The molecule has 2 aliphatic heterocycles. The second kappa shape index (κ2) is 8.71. The van der Waals surface area contributed by atoms with Crippen LogP contribution < -0.4 is 10.2 Å². The predicted octanol–water partition coefficient (Wildman–Crippen LogP) is 2.91. The molecule has 3 aliphatic rings. The summed E-state index contributed by atoms with van der Waals surface area (Å²) >= 11 is 0. The van der Waals surface area contributed by atoms with Gasteiger partial charge in [-0.3, -0.25) is 4.79 Å². The molecule has 8 heteroatoms. The summed E-state index contributed by atoms with van der Waals surface area (Å²) < 4.78 is 11.1. The second-order valence-corrected chi connectivity index (χ2v) is 8.62. The fourth-order valence-electron chi connectivity index (χ4n) is 4.54. The Bertz CT molecular complexity index is 875. The van der Waals surface area contributed by atoms with E-state index in [2.05, 4.69) is 25.3 Å². The molecule has 0 radical (unpaired) electrons. The molecule has 2 saturated heterocycles. The molecule has 1 aliphatic carbocycles. The van der Waals surface area contributed by atoms with E-state index in [4.69, 9.17) is 9.26 Å². The third-order valence-electron chi connectivity index (χ3n) is 6.54. The van der Waals surface area contributed by atoms with Gasteiger partial charge in [0.15, 0.2) is 0 Å². The first-order chi connectivity index (χ1) is 14.8. The molecule has 0 spiro atoms. The number of amides is 1. The van der Waals surface area contributed by atoms with Gasteiger partial charge in [-0.1, -0.05) is 11.6 Å². The van der Waals surface area contributed by atoms with Crippen LogP contribution in [-0.2, 0) is 9.53 Å². The van der Waals surface area contributed by atoms with Gasteiger partial charge >= 0.3 is 0 Å². The minimum Gasteiger partial charge on any atom is -0.376 e. The number of carbonyl (C=O) groups is 1. The number of piperidine rings is 1. The fraction of sp³-hybridized carbons (Fsp3) is 0.636. The molecule has 5 rings (SSSR count). The van der Waals surface area contributed by atoms with Crippen LogP contribution in [-0.4, -0.2) is 53.4 Å². The standard InChI is InChI=1S/C22H29N5O3/c28-21(24-13-17-8-4-12-29-17)16-7-3-11-27(14-16)20-18(9-2-10-23-20)19-25-22(30-26-19)15-5-1-6-15/h2,9-10,15-17H,1,3-8,11-14H2,(H,24,28). The van der Waals surface area contributed by atoms with E-state index in [1.54, 1.807) is 6.20 Å². The van der Waals surface area contributed by atoms with Crippen LogP contribution in [0.2, 0.25) is 0 Å². The minimum atomic E-state index is -0.0502. The van der Waals surface area contributed by atoms with Crippen molar-refractivity contribution in [3.8, 4) is 11.4 Å². The van der Waals surface area contributed by atoms with Gasteiger partial charge in [0.25, 0.3) is 0 Å². The first-order valence-electron chi connectivity index (χ1n) is 11.2. The number of rotatable bonds is 6. The number of carbonyl (C=O) groups excluding carboxylic acids is 1. The summed E-state index contributed by atoms with van der Waals surface area (Å²) in [5.74, 6) is 2.61. The second-order valence-electron chi connectivity index (χ2n) is 8.62. The molecule has 2 atom stereocenters. The molecule has 1 amide bonds. The van der Waals surface area contributed by atoms with Crippen LogP contribution in [0, 0.1) is 5.92 Å². The summed E-state index contributed by atoms with van der Waals surface area (Å²) in [5, 5.41) is 7.32. The molecule has 30 heavy (non-hydrogen) atoms. The zero-order valence-electron chi connectivity index (χ0n) is 17.3. The van der Waals surface area contributed by atoms with Gasteiger partial charge in [0.2, 0.25) is 17.6 Å². The Hall–Kier alpha value is -2.48. The van der Waals surface area contributed by atoms with Gasteiger partial charge in [-0.25, -0.2) is 4.98 Å². The first-order valence-corrected chi connectivity index (χ1v) is 11.2. The molecule has 2 aromatic rings. The van der Waals surface area contributed by atoms with Gasteiger partial charge in [-0.05, 0) is 50.7 Å². The molecule has 2 aromatic heterocycles. The molecule has 0 aromatic carbocycles. The van der Waals surface area contributed by atoms with Crippen molar-refractivity contribution in [3.05, 3.63) is 24.2 Å². The van der Waals surface area contributed by atoms with Crippen molar-refractivity contribution < 1.29 is 14.1 Å². The predicted molar refractivity (Wildman–Crippen MR) is 111 cm³/mol. The van der Waals surface area contributed by atoms with Crippen molar-refractivity contribution in [2.45, 2.75) is 57.0 Å². The Morgan fingerprint density at radius 2 is 2.13 bits per heavy atom. The van der Waals surface area contributed by atoms with Crippen molar-refractivity contribution >= 4 is 11.7 Å². The van der Waals surface area contributed by atoms with E-state index in [0.717, 1.165) is 68.9 Å². The highest BCUT2D eigenvalue weighted by atomic mass is 16.5. The van der Waals surface area contributed by atoms with Gasteiger partial charge in [-0.2, -0.15) is 4.98 Å². The average molecular weight is 412 g/mol.